The molecule has 0 N–H and O–H groups in total. The molecule has 0 unspecified atom stereocenters. The number of hydrogen-bond acceptors (Lipinski definition) is 1. The average Bonchev–Trinajstić information content (AvgIpc) is 2.55. The highest BCUT2D eigenvalue weighted by molar-refractivity contribution is 9.10. The summed E-state index contributed by atoms with van der Waals surface area (Å²) in [5.41, 5.74) is 0.355. The van der Waals surface area contributed by atoms with Gasteiger partial charge < -0.3 is 0 Å². The molecule has 1 aromatic carbocycles. The van der Waals surface area contributed by atoms with Crippen molar-refractivity contribution >= 4 is 37.4 Å². The molecule has 14 heavy (non-hydrogen) atoms. The van der Waals surface area contributed by atoms with E-state index in [-0.39, 0.29) is 17.5 Å². The minimum absolute atomic E-state index is 0.185. The van der Waals surface area contributed by atoms with E-state index >= 15 is 0 Å². The summed E-state index contributed by atoms with van der Waals surface area (Å²) in [6, 6.07) is 0.794. The smallest absolute Gasteiger partial charge is 0.0638 e. The summed E-state index contributed by atoms with van der Waals surface area (Å²) >= 11 is 4.84. The molecule has 0 radical (unpaired) electrons. The van der Waals surface area contributed by atoms with Crippen LogP contribution in [0.4, 0.5) is 0 Å². The predicted octanol–water partition coefficient (Wildman–Crippen LogP) is 4.96. The standard InChI is InChI=1S/C12H13BrS/c1-12(2,3)8-4-5-11-9(6-8)10(13)7-14-11/h4-7H,1-3H3/i4D,5D,6D. The van der Waals surface area contributed by atoms with Gasteiger partial charge in [-0.05, 0) is 39.0 Å². The first-order chi connectivity index (χ1) is 7.75. The highest BCUT2D eigenvalue weighted by Crippen LogP contribution is 2.33. The van der Waals surface area contributed by atoms with Crippen molar-refractivity contribution in [1.82, 2.24) is 0 Å². The largest absolute Gasteiger partial charge is 0.143 e. The molecule has 0 aliphatic carbocycles. The van der Waals surface area contributed by atoms with Crippen LogP contribution >= 0.6 is 27.3 Å². The molecule has 1 heterocycles. The van der Waals surface area contributed by atoms with Gasteiger partial charge >= 0.3 is 0 Å². The molecule has 0 amide bonds. The number of halogens is 1. The number of rotatable bonds is 0. The maximum atomic E-state index is 8.26. The minimum Gasteiger partial charge on any atom is -0.143 e. The predicted molar refractivity (Wildman–Crippen MR) is 68.2 cm³/mol. The molecule has 0 spiro atoms. The van der Waals surface area contributed by atoms with Gasteiger partial charge in [-0.15, -0.1) is 11.3 Å². The number of thiophene rings is 1. The lowest BCUT2D eigenvalue weighted by Gasteiger charge is -2.18. The lowest BCUT2D eigenvalue weighted by Crippen LogP contribution is -2.10. The van der Waals surface area contributed by atoms with E-state index in [4.69, 9.17) is 4.11 Å². The third-order valence-electron chi connectivity index (χ3n) is 2.05. The van der Waals surface area contributed by atoms with Crippen LogP contribution in [-0.4, -0.2) is 0 Å². The minimum atomic E-state index is -0.292. The summed E-state index contributed by atoms with van der Waals surface area (Å²) in [7, 11) is 0. The van der Waals surface area contributed by atoms with Gasteiger partial charge in [0.1, 0.15) is 0 Å². The summed E-state index contributed by atoms with van der Waals surface area (Å²) in [5, 5.41) is 2.65. The molecule has 0 nitrogen and oxygen atoms in total. The van der Waals surface area contributed by atoms with Crippen LogP contribution < -0.4 is 0 Å². The van der Waals surface area contributed by atoms with Crippen LogP contribution in [0.5, 0.6) is 0 Å². The van der Waals surface area contributed by atoms with Crippen LogP contribution in [0.3, 0.4) is 0 Å². The quantitative estimate of drug-likeness (QED) is 0.635. The van der Waals surface area contributed by atoms with Crippen molar-refractivity contribution in [3.05, 3.63) is 33.5 Å². The van der Waals surface area contributed by atoms with Crippen molar-refractivity contribution < 1.29 is 4.11 Å². The van der Waals surface area contributed by atoms with Crippen LogP contribution in [-0.2, 0) is 5.41 Å². The van der Waals surface area contributed by atoms with Crippen molar-refractivity contribution in [2.75, 3.05) is 0 Å². The first-order valence-electron chi connectivity index (χ1n) is 5.92. The van der Waals surface area contributed by atoms with Gasteiger partial charge in [0.05, 0.1) is 4.11 Å². The molecular weight excluding hydrogens is 256 g/mol. The second kappa shape index (κ2) is 3.35. The van der Waals surface area contributed by atoms with Crippen LogP contribution in [0.25, 0.3) is 10.1 Å². The molecule has 0 saturated heterocycles. The number of benzene rings is 1. The van der Waals surface area contributed by atoms with E-state index in [0.717, 1.165) is 14.6 Å². The summed E-state index contributed by atoms with van der Waals surface area (Å²) < 4.78 is 25.9. The van der Waals surface area contributed by atoms with Gasteiger partial charge in [-0.25, -0.2) is 0 Å². The molecule has 2 heteroatoms. The molecule has 1 aromatic heterocycles. The van der Waals surface area contributed by atoms with Gasteiger partial charge in [0.2, 0.25) is 0 Å². The van der Waals surface area contributed by atoms with Crippen LogP contribution in [0.1, 0.15) is 30.4 Å². The molecule has 0 aliphatic heterocycles. The van der Waals surface area contributed by atoms with Gasteiger partial charge in [0.15, 0.2) is 0 Å². The van der Waals surface area contributed by atoms with Gasteiger partial charge in [0, 0.05) is 19.9 Å². The molecular formula is C12H13BrS. The Morgan fingerprint density at radius 3 is 2.71 bits per heavy atom. The van der Waals surface area contributed by atoms with E-state index in [1.54, 1.807) is 0 Å². The molecule has 0 fully saturated rings. The SMILES string of the molecule is [2H]c1c(C(C)(C)C)c([2H])c2c(Br)csc2c1[2H]. The third kappa shape index (κ3) is 1.73. The van der Waals surface area contributed by atoms with Crippen molar-refractivity contribution in [2.24, 2.45) is 0 Å². The Morgan fingerprint density at radius 1 is 1.36 bits per heavy atom. The molecule has 0 aliphatic rings. The van der Waals surface area contributed by atoms with Gasteiger partial charge in [-0.1, -0.05) is 26.8 Å². The fourth-order valence-corrected chi connectivity index (χ4v) is 2.63. The maximum Gasteiger partial charge on any atom is 0.0638 e. The fourth-order valence-electron chi connectivity index (χ4n) is 1.20. The van der Waals surface area contributed by atoms with Crippen molar-refractivity contribution in [1.29, 1.82) is 0 Å². The molecule has 74 valence electrons. The van der Waals surface area contributed by atoms with E-state index in [9.17, 15) is 0 Å². The number of hydrogen-bond donors (Lipinski definition) is 0. The fraction of sp³-hybridized carbons (Fsp3) is 0.333. The van der Waals surface area contributed by atoms with E-state index in [0.29, 0.717) is 11.6 Å². The second-order valence-corrected chi connectivity index (χ2v) is 6.02. The molecule has 0 bridgehead atoms. The maximum absolute atomic E-state index is 8.26. The number of fused-ring (bicyclic) bond motifs is 1. The Hall–Kier alpha value is -0.340. The first kappa shape index (κ1) is 7.02. The van der Waals surface area contributed by atoms with Crippen molar-refractivity contribution in [2.45, 2.75) is 26.2 Å². The Labute approximate surface area is 101 Å². The van der Waals surface area contributed by atoms with Gasteiger partial charge in [-0.3, -0.25) is 0 Å². The van der Waals surface area contributed by atoms with E-state index in [2.05, 4.69) is 15.9 Å². The van der Waals surface area contributed by atoms with Gasteiger partial charge in [0.25, 0.3) is 0 Å². The summed E-state index contributed by atoms with van der Waals surface area (Å²) in [6.07, 6.45) is 0. The van der Waals surface area contributed by atoms with E-state index in [1.165, 1.54) is 11.3 Å². The Morgan fingerprint density at radius 2 is 2.07 bits per heavy atom. The molecule has 2 aromatic rings. The zero-order valence-electron chi connectivity index (χ0n) is 11.4. The van der Waals surface area contributed by atoms with Crippen LogP contribution in [0.2, 0.25) is 0 Å². The molecule has 0 saturated carbocycles. The molecule has 0 atom stereocenters. The van der Waals surface area contributed by atoms with E-state index in [1.807, 2.05) is 26.2 Å². The lowest BCUT2D eigenvalue weighted by molar-refractivity contribution is 0.591. The normalized spacial score (nSPS) is 15.3. The molecule has 2 rings (SSSR count). The summed E-state index contributed by atoms with van der Waals surface area (Å²) in [5.74, 6) is 0. The Balaban J connectivity index is 3.00. The average molecular weight is 272 g/mol. The highest BCUT2D eigenvalue weighted by atomic mass is 79.9. The summed E-state index contributed by atoms with van der Waals surface area (Å²) in [6.45, 7) is 5.93. The van der Waals surface area contributed by atoms with Gasteiger partial charge in [-0.2, -0.15) is 0 Å². The second-order valence-electron chi connectivity index (χ2n) is 4.29. The zero-order valence-corrected chi connectivity index (χ0v) is 10.8. The zero-order chi connectivity index (χ0) is 13.0. The monoisotopic (exact) mass is 271 g/mol. The van der Waals surface area contributed by atoms with Crippen LogP contribution in [0, 0.1) is 0 Å². The van der Waals surface area contributed by atoms with Crippen molar-refractivity contribution in [3.8, 4) is 0 Å². The lowest BCUT2D eigenvalue weighted by atomic mass is 9.87. The topological polar surface area (TPSA) is 0 Å². The van der Waals surface area contributed by atoms with E-state index < -0.39 is 0 Å². The van der Waals surface area contributed by atoms with Crippen LogP contribution in [0.15, 0.2) is 28.0 Å². The van der Waals surface area contributed by atoms with Crippen molar-refractivity contribution in [3.63, 3.8) is 0 Å². The third-order valence-corrected chi connectivity index (χ3v) is 3.87. The summed E-state index contributed by atoms with van der Waals surface area (Å²) in [4.78, 5) is 0. The Kier molecular flexibility index (Phi) is 1.68. The Bertz CT molecular complexity index is 596. The first-order valence-corrected chi connectivity index (χ1v) is 6.09. The highest BCUT2D eigenvalue weighted by Gasteiger charge is 2.14.